The topological polar surface area (TPSA) is 73.7 Å². The number of amides is 1. The zero-order valence-corrected chi connectivity index (χ0v) is 15.2. The Hall–Kier alpha value is -2.25. The second kappa shape index (κ2) is 7.17. The minimum atomic E-state index is -0.910. The van der Waals surface area contributed by atoms with Gasteiger partial charge in [0.1, 0.15) is 0 Å². The smallest absolute Gasteiger partial charge is 0.335 e. The third-order valence-corrected chi connectivity index (χ3v) is 5.93. The first-order valence-corrected chi connectivity index (χ1v) is 9.76. The fraction of sp³-hybridized carbons (Fsp3) is 0.421. The molecule has 136 valence electrons. The molecule has 1 N–H and O–H groups in total. The van der Waals surface area contributed by atoms with Gasteiger partial charge in [-0.05, 0) is 30.5 Å². The molecule has 3 aliphatic rings. The maximum absolute atomic E-state index is 12.9. The van der Waals surface area contributed by atoms with Crippen molar-refractivity contribution in [3.8, 4) is 0 Å². The molecule has 4 heterocycles. The van der Waals surface area contributed by atoms with Crippen molar-refractivity contribution < 1.29 is 14.7 Å². The van der Waals surface area contributed by atoms with Crippen LogP contribution in [-0.4, -0.2) is 50.9 Å². The number of carbonyl (C=O) groups excluding carboxylic acids is 1. The third kappa shape index (κ3) is 3.50. The Balaban J connectivity index is 1.47. The molecule has 3 aliphatic heterocycles. The summed E-state index contributed by atoms with van der Waals surface area (Å²) in [6, 6.07) is 7.24. The van der Waals surface area contributed by atoms with Crippen LogP contribution in [0.3, 0.4) is 0 Å². The second-order valence-electron chi connectivity index (χ2n) is 7.07. The van der Waals surface area contributed by atoms with Crippen LogP contribution in [0.15, 0.2) is 35.2 Å². The second-order valence-corrected chi connectivity index (χ2v) is 7.79. The molecule has 3 saturated heterocycles. The first kappa shape index (κ1) is 17.2. The van der Waals surface area contributed by atoms with Crippen LogP contribution in [0.25, 0.3) is 0 Å². The van der Waals surface area contributed by atoms with Crippen LogP contribution in [-0.2, 0) is 17.9 Å². The van der Waals surface area contributed by atoms with E-state index in [1.807, 2.05) is 27.9 Å². The van der Waals surface area contributed by atoms with Crippen LogP contribution >= 0.6 is 11.3 Å². The van der Waals surface area contributed by atoms with Gasteiger partial charge in [0.25, 0.3) is 0 Å². The van der Waals surface area contributed by atoms with Crippen molar-refractivity contribution in [1.82, 2.24) is 14.8 Å². The Morgan fingerprint density at radius 3 is 2.69 bits per heavy atom. The molecule has 2 bridgehead atoms. The summed E-state index contributed by atoms with van der Waals surface area (Å²) in [6.07, 6.45) is 1.99. The van der Waals surface area contributed by atoms with Crippen molar-refractivity contribution in [3.05, 3.63) is 52.0 Å². The molecule has 2 aromatic rings. The third-order valence-electron chi connectivity index (χ3n) is 5.29. The highest BCUT2D eigenvalue weighted by Crippen LogP contribution is 2.31. The SMILES string of the molecule is O=C(O)c1ccc(CN2C[C@@H]3CC[C@H](C2)N(Cc2cscn2)C3=O)cc1. The van der Waals surface area contributed by atoms with E-state index >= 15 is 0 Å². The van der Waals surface area contributed by atoms with Crippen molar-refractivity contribution in [1.29, 1.82) is 0 Å². The van der Waals surface area contributed by atoms with Gasteiger partial charge in [-0.15, -0.1) is 11.3 Å². The number of nitrogens with zero attached hydrogens (tertiary/aromatic N) is 3. The molecule has 0 radical (unpaired) electrons. The monoisotopic (exact) mass is 371 g/mol. The molecule has 6 nitrogen and oxygen atoms in total. The molecule has 26 heavy (non-hydrogen) atoms. The number of hydrogen-bond acceptors (Lipinski definition) is 5. The molecule has 7 heteroatoms. The number of carbonyl (C=O) groups is 2. The van der Waals surface area contributed by atoms with Gasteiger partial charge in [-0.1, -0.05) is 12.1 Å². The van der Waals surface area contributed by atoms with Crippen LogP contribution in [0.4, 0.5) is 0 Å². The van der Waals surface area contributed by atoms with E-state index in [2.05, 4.69) is 9.88 Å². The van der Waals surface area contributed by atoms with Crippen molar-refractivity contribution >= 4 is 23.2 Å². The van der Waals surface area contributed by atoms with E-state index in [1.165, 1.54) is 0 Å². The highest BCUT2D eigenvalue weighted by molar-refractivity contribution is 7.07. The van der Waals surface area contributed by atoms with E-state index in [0.29, 0.717) is 12.1 Å². The molecule has 1 amide bonds. The number of thiazole rings is 1. The average Bonchev–Trinajstić information content (AvgIpc) is 3.01. The number of fused-ring (bicyclic) bond motifs is 4. The summed E-state index contributed by atoms with van der Waals surface area (Å²) in [5, 5.41) is 11.0. The molecule has 0 aliphatic carbocycles. The molecule has 5 rings (SSSR count). The van der Waals surface area contributed by atoms with Gasteiger partial charge in [-0.25, -0.2) is 9.78 Å². The van der Waals surface area contributed by atoms with E-state index in [4.69, 9.17) is 5.11 Å². The van der Waals surface area contributed by atoms with Gasteiger partial charge in [0, 0.05) is 31.1 Å². The van der Waals surface area contributed by atoms with Gasteiger partial charge in [0.05, 0.1) is 29.2 Å². The minimum absolute atomic E-state index is 0.0469. The van der Waals surface area contributed by atoms with Crippen molar-refractivity contribution in [2.75, 3.05) is 13.1 Å². The van der Waals surface area contributed by atoms with Crippen LogP contribution in [0, 0.1) is 5.92 Å². The minimum Gasteiger partial charge on any atom is -0.478 e. The first-order chi connectivity index (χ1) is 12.6. The summed E-state index contributed by atoms with van der Waals surface area (Å²) in [5.41, 5.74) is 4.15. The van der Waals surface area contributed by atoms with Gasteiger partial charge in [-0.2, -0.15) is 0 Å². The molecule has 0 unspecified atom stereocenters. The van der Waals surface area contributed by atoms with Gasteiger partial charge < -0.3 is 10.0 Å². The van der Waals surface area contributed by atoms with Crippen molar-refractivity contribution in [2.24, 2.45) is 5.92 Å². The largest absolute Gasteiger partial charge is 0.478 e. The number of benzene rings is 1. The predicted octanol–water partition coefficient (Wildman–Crippen LogP) is 2.46. The predicted molar refractivity (Wildman–Crippen MR) is 97.9 cm³/mol. The molecule has 2 atom stereocenters. The lowest BCUT2D eigenvalue weighted by atomic mass is 9.94. The van der Waals surface area contributed by atoms with E-state index < -0.39 is 5.97 Å². The number of aromatic carboxylic acids is 1. The molecular weight excluding hydrogens is 350 g/mol. The number of rotatable bonds is 5. The van der Waals surface area contributed by atoms with Gasteiger partial charge in [0.2, 0.25) is 5.91 Å². The first-order valence-electron chi connectivity index (χ1n) is 8.82. The maximum Gasteiger partial charge on any atom is 0.335 e. The zero-order valence-electron chi connectivity index (χ0n) is 14.4. The van der Waals surface area contributed by atoms with E-state index in [9.17, 15) is 9.59 Å². The lowest BCUT2D eigenvalue weighted by Crippen LogP contribution is -2.47. The van der Waals surface area contributed by atoms with Crippen molar-refractivity contribution in [3.63, 3.8) is 0 Å². The number of carboxylic acid groups (broad SMARTS) is 1. The Bertz CT molecular complexity index is 791. The van der Waals surface area contributed by atoms with Crippen LogP contribution in [0.5, 0.6) is 0 Å². The average molecular weight is 371 g/mol. The van der Waals surface area contributed by atoms with Crippen LogP contribution < -0.4 is 0 Å². The molecule has 1 aromatic heterocycles. The quantitative estimate of drug-likeness (QED) is 0.874. The van der Waals surface area contributed by atoms with E-state index in [-0.39, 0.29) is 17.9 Å². The zero-order chi connectivity index (χ0) is 18.1. The summed E-state index contributed by atoms with van der Waals surface area (Å²) < 4.78 is 0. The molecular formula is C19H21N3O3S. The fourth-order valence-electron chi connectivity index (χ4n) is 3.97. The standard InChI is InChI=1S/C19H21N3O3S/c23-18-15-5-6-17(22(18)9-16-11-26-12-20-16)10-21(8-15)7-13-1-3-14(4-2-13)19(24)25/h1-4,11-12,15,17H,5-10H2,(H,24,25)/t15-,17+/m0/s1. The number of piperidine rings is 1. The molecule has 3 fully saturated rings. The number of carboxylic acids is 1. The highest BCUT2D eigenvalue weighted by atomic mass is 32.1. The van der Waals surface area contributed by atoms with E-state index in [0.717, 1.165) is 43.7 Å². The lowest BCUT2D eigenvalue weighted by molar-refractivity contribution is -0.140. The summed E-state index contributed by atoms with van der Waals surface area (Å²) in [6.45, 7) is 2.96. The van der Waals surface area contributed by atoms with Gasteiger partial charge in [-0.3, -0.25) is 9.69 Å². The number of hydrogen-bond donors (Lipinski definition) is 1. The van der Waals surface area contributed by atoms with Gasteiger partial charge in [0.15, 0.2) is 0 Å². The number of aromatic nitrogens is 1. The van der Waals surface area contributed by atoms with Crippen molar-refractivity contribution in [2.45, 2.75) is 32.0 Å². The van der Waals surface area contributed by atoms with Crippen LogP contribution in [0.2, 0.25) is 0 Å². The van der Waals surface area contributed by atoms with Crippen LogP contribution in [0.1, 0.15) is 34.5 Å². The maximum atomic E-state index is 12.9. The van der Waals surface area contributed by atoms with E-state index in [1.54, 1.807) is 23.5 Å². The normalized spacial score (nSPS) is 23.2. The summed E-state index contributed by atoms with van der Waals surface area (Å²) in [7, 11) is 0. The summed E-state index contributed by atoms with van der Waals surface area (Å²) in [5.74, 6) is -0.615. The molecule has 1 aromatic carbocycles. The lowest BCUT2D eigenvalue weighted by Gasteiger charge is -2.35. The summed E-state index contributed by atoms with van der Waals surface area (Å²) >= 11 is 1.56. The summed E-state index contributed by atoms with van der Waals surface area (Å²) in [4.78, 5) is 32.5. The fourth-order valence-corrected chi connectivity index (χ4v) is 4.52. The highest BCUT2D eigenvalue weighted by Gasteiger charge is 2.40. The molecule has 0 spiro atoms. The Kier molecular flexibility index (Phi) is 4.74. The Morgan fingerprint density at radius 2 is 2.00 bits per heavy atom. The Labute approximate surface area is 156 Å². The molecule has 0 saturated carbocycles. The Morgan fingerprint density at radius 1 is 1.19 bits per heavy atom. The van der Waals surface area contributed by atoms with Gasteiger partial charge >= 0.3 is 5.97 Å².